The van der Waals surface area contributed by atoms with Crippen LogP contribution in [0.2, 0.25) is 0 Å². The number of nitrogens with zero attached hydrogens (tertiary/aromatic N) is 5. The number of thiazole rings is 1. The maximum atomic E-state index is 12.7. The topological polar surface area (TPSA) is 84.6 Å². The number of carbonyl (C=O) groups excluding carboxylic acids is 1. The highest BCUT2D eigenvalue weighted by Crippen LogP contribution is 2.27. The van der Waals surface area contributed by atoms with E-state index in [0.717, 1.165) is 40.8 Å². The first-order chi connectivity index (χ1) is 16.2. The summed E-state index contributed by atoms with van der Waals surface area (Å²) in [6.45, 7) is 4.69. The smallest absolute Gasteiger partial charge is 0.263 e. The van der Waals surface area contributed by atoms with Crippen LogP contribution in [0.4, 0.5) is 5.82 Å². The van der Waals surface area contributed by atoms with Gasteiger partial charge in [-0.05, 0) is 26.2 Å². The van der Waals surface area contributed by atoms with E-state index >= 15 is 0 Å². The molecule has 0 atom stereocenters. The zero-order chi connectivity index (χ0) is 22.6. The van der Waals surface area contributed by atoms with Gasteiger partial charge < -0.3 is 15.0 Å². The normalized spacial score (nSPS) is 13.9. The number of amides is 1. The Bertz CT molecular complexity index is 1250. The molecule has 8 nitrogen and oxygen atoms in total. The second-order valence-electron chi connectivity index (χ2n) is 8.03. The van der Waals surface area contributed by atoms with E-state index in [-0.39, 0.29) is 5.91 Å². The molecular formula is C24H26N6O2S. The largest absolute Gasteiger partial charge is 0.476 e. The van der Waals surface area contributed by atoms with Crippen LogP contribution in [-0.2, 0) is 0 Å². The van der Waals surface area contributed by atoms with Crippen molar-refractivity contribution >= 4 is 28.0 Å². The number of hydrogen-bond acceptors (Lipinski definition) is 7. The van der Waals surface area contributed by atoms with E-state index in [0.29, 0.717) is 23.9 Å². The van der Waals surface area contributed by atoms with Crippen molar-refractivity contribution in [3.05, 3.63) is 59.5 Å². The molecule has 0 spiro atoms. The van der Waals surface area contributed by atoms with Crippen molar-refractivity contribution in [1.82, 2.24) is 24.7 Å². The number of benzene rings is 1. The third kappa shape index (κ3) is 4.68. The summed E-state index contributed by atoms with van der Waals surface area (Å²) in [5.41, 5.74) is 2.84. The molecule has 0 radical (unpaired) electrons. The fraction of sp³-hybridized carbons (Fsp3) is 0.333. The molecule has 1 N–H and O–H groups in total. The first-order valence-corrected chi connectivity index (χ1v) is 12.0. The van der Waals surface area contributed by atoms with Crippen LogP contribution in [0.25, 0.3) is 16.2 Å². The number of rotatable bonds is 7. The van der Waals surface area contributed by atoms with Crippen LogP contribution in [0, 0.1) is 6.92 Å². The second kappa shape index (κ2) is 9.58. The van der Waals surface area contributed by atoms with Gasteiger partial charge in [0, 0.05) is 36.6 Å². The van der Waals surface area contributed by atoms with E-state index in [1.165, 1.54) is 36.9 Å². The van der Waals surface area contributed by atoms with E-state index in [1.807, 2.05) is 53.9 Å². The maximum Gasteiger partial charge on any atom is 0.263 e. The molecule has 33 heavy (non-hydrogen) atoms. The number of aromatic nitrogens is 4. The summed E-state index contributed by atoms with van der Waals surface area (Å²) in [6.07, 6.45) is 7.16. The summed E-state index contributed by atoms with van der Waals surface area (Å²) >= 11 is 1.39. The standard InChI is InChI=1S/C24H26N6O2S/c1-17-22(33-24-28-19(15-30(17)24)18-8-4-2-5-9-18)23(31)25-10-13-32-21-14-20(26-16-27-21)29-11-6-3-7-12-29/h2,4-5,8-9,14-16H,3,6-7,10-13H2,1H3,(H,25,31). The number of hydrogen-bond donors (Lipinski definition) is 1. The molecular weight excluding hydrogens is 436 g/mol. The number of carbonyl (C=O) groups is 1. The summed E-state index contributed by atoms with van der Waals surface area (Å²) < 4.78 is 7.73. The Hall–Kier alpha value is -3.46. The molecule has 4 heterocycles. The van der Waals surface area contributed by atoms with Crippen LogP contribution in [0.5, 0.6) is 5.88 Å². The monoisotopic (exact) mass is 462 g/mol. The highest BCUT2D eigenvalue weighted by molar-refractivity contribution is 7.19. The molecule has 1 aliphatic rings. The van der Waals surface area contributed by atoms with Crippen molar-refractivity contribution in [2.75, 3.05) is 31.1 Å². The predicted molar refractivity (Wildman–Crippen MR) is 129 cm³/mol. The van der Waals surface area contributed by atoms with Crippen LogP contribution in [-0.4, -0.2) is 51.5 Å². The Morgan fingerprint density at radius 1 is 1.15 bits per heavy atom. The van der Waals surface area contributed by atoms with Gasteiger partial charge in [0.25, 0.3) is 5.91 Å². The highest BCUT2D eigenvalue weighted by atomic mass is 32.1. The summed E-state index contributed by atoms with van der Waals surface area (Å²) in [4.78, 5) is 29.7. The lowest BCUT2D eigenvalue weighted by atomic mass is 10.1. The Morgan fingerprint density at radius 2 is 1.97 bits per heavy atom. The lowest BCUT2D eigenvalue weighted by molar-refractivity contribution is 0.0949. The van der Waals surface area contributed by atoms with Gasteiger partial charge in [-0.1, -0.05) is 41.7 Å². The van der Waals surface area contributed by atoms with Crippen molar-refractivity contribution in [1.29, 1.82) is 0 Å². The molecule has 0 saturated carbocycles. The van der Waals surface area contributed by atoms with Gasteiger partial charge in [-0.2, -0.15) is 0 Å². The van der Waals surface area contributed by atoms with Gasteiger partial charge in [-0.15, -0.1) is 0 Å². The lowest BCUT2D eigenvalue weighted by Gasteiger charge is -2.27. The number of piperidine rings is 1. The van der Waals surface area contributed by atoms with Crippen molar-refractivity contribution in [3.63, 3.8) is 0 Å². The van der Waals surface area contributed by atoms with E-state index in [1.54, 1.807) is 0 Å². The van der Waals surface area contributed by atoms with Gasteiger partial charge in [0.05, 0.1) is 12.2 Å². The van der Waals surface area contributed by atoms with Gasteiger partial charge in [0.1, 0.15) is 23.6 Å². The van der Waals surface area contributed by atoms with Gasteiger partial charge in [0.15, 0.2) is 4.96 Å². The molecule has 4 aromatic rings. The zero-order valence-electron chi connectivity index (χ0n) is 18.5. The van der Waals surface area contributed by atoms with Gasteiger partial charge in [-0.25, -0.2) is 15.0 Å². The number of ether oxygens (including phenoxy) is 1. The number of nitrogens with one attached hydrogen (secondary N) is 1. The van der Waals surface area contributed by atoms with E-state index in [9.17, 15) is 4.79 Å². The molecule has 3 aromatic heterocycles. The number of aryl methyl sites for hydroxylation is 1. The number of fused-ring (bicyclic) bond motifs is 1. The summed E-state index contributed by atoms with van der Waals surface area (Å²) in [5, 5.41) is 2.94. The van der Waals surface area contributed by atoms with Crippen LogP contribution in [0.3, 0.4) is 0 Å². The molecule has 1 amide bonds. The maximum absolute atomic E-state index is 12.7. The molecule has 9 heteroatoms. The molecule has 0 unspecified atom stereocenters. The number of anilines is 1. The van der Waals surface area contributed by atoms with Crippen LogP contribution in [0.15, 0.2) is 48.9 Å². The first kappa shape index (κ1) is 21.4. The highest BCUT2D eigenvalue weighted by Gasteiger charge is 2.18. The third-order valence-electron chi connectivity index (χ3n) is 5.78. The summed E-state index contributed by atoms with van der Waals surface area (Å²) in [5.74, 6) is 1.31. The molecule has 1 aromatic carbocycles. The average molecular weight is 463 g/mol. The third-order valence-corrected chi connectivity index (χ3v) is 6.93. The molecule has 0 bridgehead atoms. The summed E-state index contributed by atoms with van der Waals surface area (Å²) in [6, 6.07) is 11.9. The molecule has 1 saturated heterocycles. The van der Waals surface area contributed by atoms with E-state index in [2.05, 4.69) is 25.2 Å². The quantitative estimate of drug-likeness (QED) is 0.419. The SMILES string of the molecule is Cc1c(C(=O)NCCOc2cc(N3CCCCC3)ncn2)sc2nc(-c3ccccc3)cn12. The molecule has 1 fully saturated rings. The molecule has 1 aliphatic heterocycles. The predicted octanol–water partition coefficient (Wildman–Crippen LogP) is 3.96. The minimum absolute atomic E-state index is 0.121. The Balaban J connectivity index is 1.17. The van der Waals surface area contributed by atoms with Crippen molar-refractivity contribution in [3.8, 4) is 17.1 Å². The molecule has 0 aliphatic carbocycles. The minimum atomic E-state index is -0.121. The van der Waals surface area contributed by atoms with Crippen LogP contribution < -0.4 is 15.0 Å². The van der Waals surface area contributed by atoms with E-state index < -0.39 is 0 Å². The van der Waals surface area contributed by atoms with Gasteiger partial charge in [0.2, 0.25) is 5.88 Å². The Kier molecular flexibility index (Phi) is 6.21. The Morgan fingerprint density at radius 3 is 2.76 bits per heavy atom. The van der Waals surface area contributed by atoms with Gasteiger partial charge >= 0.3 is 0 Å². The van der Waals surface area contributed by atoms with Gasteiger partial charge in [-0.3, -0.25) is 9.20 Å². The average Bonchev–Trinajstić information content (AvgIpc) is 3.42. The second-order valence-corrected chi connectivity index (χ2v) is 9.01. The molecule has 170 valence electrons. The number of imidazole rings is 1. The Labute approximate surface area is 196 Å². The fourth-order valence-electron chi connectivity index (χ4n) is 4.01. The van der Waals surface area contributed by atoms with Crippen LogP contribution in [0.1, 0.15) is 34.6 Å². The van der Waals surface area contributed by atoms with Crippen molar-refractivity contribution < 1.29 is 9.53 Å². The van der Waals surface area contributed by atoms with Crippen molar-refractivity contribution in [2.45, 2.75) is 26.2 Å². The summed E-state index contributed by atoms with van der Waals surface area (Å²) in [7, 11) is 0. The van der Waals surface area contributed by atoms with E-state index in [4.69, 9.17) is 4.74 Å². The lowest BCUT2D eigenvalue weighted by Crippen LogP contribution is -2.30. The van der Waals surface area contributed by atoms with Crippen molar-refractivity contribution in [2.24, 2.45) is 0 Å². The first-order valence-electron chi connectivity index (χ1n) is 11.2. The minimum Gasteiger partial charge on any atom is -0.476 e. The zero-order valence-corrected chi connectivity index (χ0v) is 19.3. The fourth-order valence-corrected chi connectivity index (χ4v) is 5.04. The van der Waals surface area contributed by atoms with Crippen LogP contribution >= 0.6 is 11.3 Å². The molecule has 5 rings (SSSR count).